The van der Waals surface area contributed by atoms with Crippen molar-refractivity contribution in [1.29, 1.82) is 0 Å². The Bertz CT molecular complexity index is 815. The summed E-state index contributed by atoms with van der Waals surface area (Å²) in [5.41, 5.74) is 1.31. The number of rotatable bonds is 2. The quantitative estimate of drug-likeness (QED) is 0.528. The van der Waals surface area contributed by atoms with Crippen LogP contribution in [0.3, 0.4) is 0 Å². The Balaban J connectivity index is 2.01. The molecular formula is C17H11F3N2O. The Kier molecular flexibility index (Phi) is 3.73. The number of aromatic nitrogens is 2. The Morgan fingerprint density at radius 1 is 0.870 bits per heavy atom. The average Bonchev–Trinajstić information content (AvgIpc) is 2.55. The van der Waals surface area contributed by atoms with Gasteiger partial charge in [0.25, 0.3) is 6.33 Å². The van der Waals surface area contributed by atoms with Crippen LogP contribution < -0.4 is 4.73 Å². The summed E-state index contributed by atoms with van der Waals surface area (Å²) in [4.78, 5) is 4.00. The summed E-state index contributed by atoms with van der Waals surface area (Å²) in [6, 6.07) is 15.2. The highest BCUT2D eigenvalue weighted by atomic mass is 19.4. The highest BCUT2D eigenvalue weighted by Crippen LogP contribution is 2.31. The fourth-order valence-corrected chi connectivity index (χ4v) is 2.21. The summed E-state index contributed by atoms with van der Waals surface area (Å²) in [5, 5.41) is 11.9. The summed E-state index contributed by atoms with van der Waals surface area (Å²) in [7, 11) is 0. The van der Waals surface area contributed by atoms with Gasteiger partial charge in [0.05, 0.1) is 5.56 Å². The molecule has 3 rings (SSSR count). The van der Waals surface area contributed by atoms with E-state index >= 15 is 0 Å². The second-order valence-corrected chi connectivity index (χ2v) is 4.93. The van der Waals surface area contributed by atoms with Crippen LogP contribution in [0.25, 0.3) is 22.5 Å². The van der Waals surface area contributed by atoms with E-state index in [0.29, 0.717) is 27.2 Å². The fourth-order valence-electron chi connectivity index (χ4n) is 2.21. The maximum absolute atomic E-state index is 12.6. The lowest BCUT2D eigenvalue weighted by atomic mass is 10.1. The molecule has 0 saturated carbocycles. The maximum atomic E-state index is 12.6. The zero-order valence-corrected chi connectivity index (χ0v) is 11.8. The third-order valence-corrected chi connectivity index (χ3v) is 3.39. The van der Waals surface area contributed by atoms with Crippen LogP contribution in [0.5, 0.6) is 0 Å². The van der Waals surface area contributed by atoms with Crippen molar-refractivity contribution in [2.24, 2.45) is 0 Å². The summed E-state index contributed by atoms with van der Waals surface area (Å²) in [5.74, 6) is 0. The van der Waals surface area contributed by atoms with Crippen molar-refractivity contribution in [3.05, 3.63) is 77.8 Å². The zero-order chi connectivity index (χ0) is 16.4. The van der Waals surface area contributed by atoms with Crippen LogP contribution in [0.1, 0.15) is 5.56 Å². The summed E-state index contributed by atoms with van der Waals surface area (Å²) in [6.45, 7) is 0. The van der Waals surface area contributed by atoms with Gasteiger partial charge in [-0.15, -0.1) is 0 Å². The minimum atomic E-state index is -4.38. The minimum absolute atomic E-state index is 0.385. The lowest BCUT2D eigenvalue weighted by Crippen LogP contribution is -2.29. The molecule has 3 nitrogen and oxygen atoms in total. The molecule has 116 valence electrons. The van der Waals surface area contributed by atoms with E-state index in [-0.39, 0.29) is 0 Å². The van der Waals surface area contributed by atoms with Crippen molar-refractivity contribution >= 4 is 0 Å². The lowest BCUT2D eigenvalue weighted by Gasteiger charge is -2.09. The van der Waals surface area contributed by atoms with Crippen LogP contribution in [0.4, 0.5) is 13.2 Å². The normalized spacial score (nSPS) is 11.4. The molecule has 0 atom stereocenters. The summed E-state index contributed by atoms with van der Waals surface area (Å²) < 4.78 is 38.4. The van der Waals surface area contributed by atoms with Gasteiger partial charge in [-0.2, -0.15) is 13.2 Å². The first-order valence-corrected chi connectivity index (χ1v) is 6.77. The monoisotopic (exact) mass is 316 g/mol. The van der Waals surface area contributed by atoms with E-state index in [1.165, 1.54) is 12.1 Å². The molecule has 3 aromatic rings. The van der Waals surface area contributed by atoms with Crippen LogP contribution in [0.15, 0.2) is 67.0 Å². The van der Waals surface area contributed by atoms with Gasteiger partial charge in [0.2, 0.25) is 0 Å². The van der Waals surface area contributed by atoms with Crippen molar-refractivity contribution in [2.75, 3.05) is 0 Å². The summed E-state index contributed by atoms with van der Waals surface area (Å²) in [6.07, 6.45) is -3.27. The van der Waals surface area contributed by atoms with Gasteiger partial charge in [0.1, 0.15) is 5.69 Å². The topological polar surface area (TPSA) is 39.8 Å². The molecule has 0 spiro atoms. The standard InChI is InChI=1S/C17H11F3N2O/c18-17(19,20)14-8-6-12(7-9-14)15-10-16(22(23)11-21-15)13-4-2-1-3-5-13/h1-11H. The molecule has 0 aliphatic carbocycles. The number of alkyl halides is 3. The molecule has 1 aromatic heterocycles. The first kappa shape index (κ1) is 15.0. The van der Waals surface area contributed by atoms with Gasteiger partial charge in [-0.3, -0.25) is 0 Å². The van der Waals surface area contributed by atoms with Crippen molar-refractivity contribution in [3.8, 4) is 22.5 Å². The number of hydrogen-bond acceptors (Lipinski definition) is 2. The molecular weight excluding hydrogens is 305 g/mol. The fraction of sp³-hybridized carbons (Fsp3) is 0.0588. The Hall–Kier alpha value is -2.89. The van der Waals surface area contributed by atoms with E-state index in [4.69, 9.17) is 0 Å². The van der Waals surface area contributed by atoms with Gasteiger partial charge < -0.3 is 5.21 Å². The molecule has 0 unspecified atom stereocenters. The molecule has 6 heteroatoms. The van der Waals surface area contributed by atoms with Crippen LogP contribution in [0, 0.1) is 5.21 Å². The first-order valence-electron chi connectivity index (χ1n) is 6.77. The molecule has 0 aliphatic rings. The molecule has 0 aliphatic heterocycles. The molecule has 0 bridgehead atoms. The highest BCUT2D eigenvalue weighted by Gasteiger charge is 2.30. The van der Waals surface area contributed by atoms with Crippen molar-refractivity contribution in [3.63, 3.8) is 0 Å². The van der Waals surface area contributed by atoms with Gasteiger partial charge in [-0.25, -0.2) is 4.73 Å². The smallest absolute Gasteiger partial charge is 0.416 e. The third kappa shape index (κ3) is 3.15. The van der Waals surface area contributed by atoms with E-state index in [9.17, 15) is 18.4 Å². The zero-order valence-electron chi connectivity index (χ0n) is 11.8. The molecule has 0 amide bonds. The number of benzene rings is 2. The van der Waals surface area contributed by atoms with Gasteiger partial charge in [0.15, 0.2) is 5.69 Å². The third-order valence-electron chi connectivity index (χ3n) is 3.39. The molecule has 0 saturated heterocycles. The van der Waals surface area contributed by atoms with Gasteiger partial charge in [-0.1, -0.05) is 30.3 Å². The van der Waals surface area contributed by atoms with Crippen molar-refractivity contribution < 1.29 is 17.9 Å². The molecule has 23 heavy (non-hydrogen) atoms. The Morgan fingerprint density at radius 2 is 1.52 bits per heavy atom. The molecule has 0 radical (unpaired) electrons. The van der Waals surface area contributed by atoms with Crippen molar-refractivity contribution in [2.45, 2.75) is 6.18 Å². The van der Waals surface area contributed by atoms with Gasteiger partial charge in [-0.05, 0) is 29.2 Å². The van der Waals surface area contributed by atoms with E-state index in [1.54, 1.807) is 30.3 Å². The maximum Gasteiger partial charge on any atom is 0.416 e. The molecule has 1 heterocycles. The largest absolute Gasteiger partial charge is 0.710 e. The number of nitrogens with zero attached hydrogens (tertiary/aromatic N) is 2. The second-order valence-electron chi connectivity index (χ2n) is 4.93. The SMILES string of the molecule is [O-][n+]1cnc(-c2ccc(C(F)(F)F)cc2)cc1-c1ccccc1. The second kappa shape index (κ2) is 5.72. The predicted octanol–water partition coefficient (Wildman–Crippen LogP) is 4.07. The number of hydrogen-bond donors (Lipinski definition) is 0. The molecule has 0 fully saturated rings. The lowest BCUT2D eigenvalue weighted by molar-refractivity contribution is -0.597. The molecule has 2 aromatic carbocycles. The van der Waals surface area contributed by atoms with E-state index < -0.39 is 11.7 Å². The van der Waals surface area contributed by atoms with E-state index in [1.807, 2.05) is 6.07 Å². The number of halogens is 3. The van der Waals surface area contributed by atoms with Gasteiger partial charge in [0, 0.05) is 17.2 Å². The highest BCUT2D eigenvalue weighted by molar-refractivity contribution is 5.65. The van der Waals surface area contributed by atoms with Gasteiger partial charge >= 0.3 is 6.18 Å². The molecule has 0 N–H and O–H groups in total. The van der Waals surface area contributed by atoms with Crippen LogP contribution in [0.2, 0.25) is 0 Å². The average molecular weight is 316 g/mol. The Morgan fingerprint density at radius 3 is 2.13 bits per heavy atom. The van der Waals surface area contributed by atoms with Crippen LogP contribution in [-0.4, -0.2) is 4.98 Å². The van der Waals surface area contributed by atoms with E-state index in [0.717, 1.165) is 18.5 Å². The Labute approximate surface area is 130 Å². The predicted molar refractivity (Wildman–Crippen MR) is 79.1 cm³/mol. The van der Waals surface area contributed by atoms with Crippen LogP contribution in [-0.2, 0) is 6.18 Å². The first-order chi connectivity index (χ1) is 10.9. The van der Waals surface area contributed by atoms with E-state index in [2.05, 4.69) is 4.98 Å². The van der Waals surface area contributed by atoms with Crippen LogP contribution >= 0.6 is 0 Å². The summed E-state index contributed by atoms with van der Waals surface area (Å²) >= 11 is 0. The van der Waals surface area contributed by atoms with Crippen molar-refractivity contribution in [1.82, 2.24) is 4.98 Å². The minimum Gasteiger partial charge on any atom is -0.710 e.